The Bertz CT molecular complexity index is 941. The molecule has 0 saturated carbocycles. The van der Waals surface area contributed by atoms with E-state index in [1.807, 2.05) is 6.07 Å². The van der Waals surface area contributed by atoms with Crippen LogP contribution in [0.2, 0.25) is 0 Å². The highest BCUT2D eigenvalue weighted by Crippen LogP contribution is 2.19. The molecule has 0 unspecified atom stereocenters. The van der Waals surface area contributed by atoms with Gasteiger partial charge in [0.1, 0.15) is 0 Å². The molecule has 6 nitrogen and oxygen atoms in total. The van der Waals surface area contributed by atoms with Crippen LogP contribution in [0, 0.1) is 6.92 Å². The van der Waals surface area contributed by atoms with Gasteiger partial charge >= 0.3 is 5.97 Å². The molecule has 27 heavy (non-hydrogen) atoms. The second-order valence-electron chi connectivity index (χ2n) is 6.83. The average Bonchev–Trinajstić information content (AvgIpc) is 2.65. The number of carbonyl (C=O) groups is 1. The van der Waals surface area contributed by atoms with Crippen molar-refractivity contribution in [3.63, 3.8) is 0 Å². The minimum atomic E-state index is -3.72. The van der Waals surface area contributed by atoms with E-state index >= 15 is 0 Å². The number of rotatable bonds is 7. The Kier molecular flexibility index (Phi) is 5.94. The molecular weight excluding hydrogens is 364 g/mol. The summed E-state index contributed by atoms with van der Waals surface area (Å²) in [4.78, 5) is 13.5. The molecule has 1 heterocycles. The van der Waals surface area contributed by atoms with Crippen LogP contribution in [0.15, 0.2) is 47.4 Å². The molecule has 3 rings (SSSR count). The van der Waals surface area contributed by atoms with Crippen LogP contribution in [0.5, 0.6) is 0 Å². The van der Waals surface area contributed by atoms with E-state index in [2.05, 4.69) is 27.8 Å². The van der Waals surface area contributed by atoms with Crippen LogP contribution in [0.25, 0.3) is 0 Å². The molecule has 0 saturated heterocycles. The van der Waals surface area contributed by atoms with Crippen LogP contribution in [0.3, 0.4) is 0 Å². The van der Waals surface area contributed by atoms with E-state index in [-0.39, 0.29) is 10.5 Å². The zero-order valence-corrected chi connectivity index (χ0v) is 16.1. The smallest absolute Gasteiger partial charge is 0.335 e. The summed E-state index contributed by atoms with van der Waals surface area (Å²) in [5.74, 6) is -1.13. The number of fused-ring (bicyclic) bond motifs is 1. The summed E-state index contributed by atoms with van der Waals surface area (Å²) < 4.78 is 27.4. The van der Waals surface area contributed by atoms with Gasteiger partial charge in [-0.3, -0.25) is 4.90 Å². The van der Waals surface area contributed by atoms with Gasteiger partial charge in [-0.1, -0.05) is 30.3 Å². The van der Waals surface area contributed by atoms with Crippen molar-refractivity contribution in [2.75, 3.05) is 19.6 Å². The van der Waals surface area contributed by atoms with E-state index in [1.165, 1.54) is 29.3 Å². The third-order valence-electron chi connectivity index (χ3n) is 4.90. The summed E-state index contributed by atoms with van der Waals surface area (Å²) in [6.07, 6.45) is 1.71. The third kappa shape index (κ3) is 4.74. The van der Waals surface area contributed by atoms with Gasteiger partial charge in [-0.2, -0.15) is 0 Å². The van der Waals surface area contributed by atoms with Crippen molar-refractivity contribution in [2.24, 2.45) is 0 Å². The second-order valence-corrected chi connectivity index (χ2v) is 8.60. The Morgan fingerprint density at radius 2 is 1.93 bits per heavy atom. The van der Waals surface area contributed by atoms with E-state index < -0.39 is 16.0 Å². The van der Waals surface area contributed by atoms with Crippen LogP contribution in [-0.2, 0) is 23.0 Å². The molecule has 0 radical (unpaired) electrons. The molecule has 2 aromatic rings. The number of carboxylic acids is 1. The fraction of sp³-hybridized carbons (Fsp3) is 0.350. The first-order valence-electron chi connectivity index (χ1n) is 8.99. The number of nitrogens with one attached hydrogen (secondary N) is 1. The Morgan fingerprint density at radius 3 is 2.67 bits per heavy atom. The molecule has 0 spiro atoms. The zero-order chi connectivity index (χ0) is 19.4. The van der Waals surface area contributed by atoms with Crippen LogP contribution in [-0.4, -0.2) is 44.0 Å². The summed E-state index contributed by atoms with van der Waals surface area (Å²) in [5.41, 5.74) is 3.27. The fourth-order valence-corrected chi connectivity index (χ4v) is 4.44. The lowest BCUT2D eigenvalue weighted by Gasteiger charge is -2.28. The standard InChI is InChI=1S/C20H24N2O4S/c1-15-7-8-18(13-19(15)20(23)24)27(25,26)21-10-4-11-22-12-9-16-5-2-3-6-17(16)14-22/h2-3,5-8,13,21H,4,9-12,14H2,1H3,(H,23,24). The van der Waals surface area contributed by atoms with Gasteiger partial charge in [0.05, 0.1) is 10.5 Å². The minimum Gasteiger partial charge on any atom is -0.478 e. The molecule has 2 N–H and O–H groups in total. The van der Waals surface area contributed by atoms with Crippen LogP contribution in [0.4, 0.5) is 0 Å². The molecule has 0 amide bonds. The normalized spacial score (nSPS) is 14.7. The van der Waals surface area contributed by atoms with E-state index in [0.717, 1.165) is 26.1 Å². The van der Waals surface area contributed by atoms with Gasteiger partial charge in [0.15, 0.2) is 0 Å². The van der Waals surface area contributed by atoms with Crippen molar-refractivity contribution < 1.29 is 18.3 Å². The second kappa shape index (κ2) is 8.21. The Balaban J connectivity index is 1.53. The molecule has 0 fully saturated rings. The number of aryl methyl sites for hydroxylation is 1. The van der Waals surface area contributed by atoms with Crippen LogP contribution in [0.1, 0.15) is 33.5 Å². The summed E-state index contributed by atoms with van der Waals surface area (Å²) in [6.45, 7) is 4.64. The highest BCUT2D eigenvalue weighted by Gasteiger charge is 2.18. The minimum absolute atomic E-state index is 0.00450. The lowest BCUT2D eigenvalue weighted by Crippen LogP contribution is -2.33. The predicted molar refractivity (Wildman–Crippen MR) is 103 cm³/mol. The van der Waals surface area contributed by atoms with Crippen molar-refractivity contribution in [1.29, 1.82) is 0 Å². The van der Waals surface area contributed by atoms with E-state index in [9.17, 15) is 13.2 Å². The molecule has 0 aliphatic carbocycles. The first-order valence-corrected chi connectivity index (χ1v) is 10.5. The molecule has 2 aromatic carbocycles. The third-order valence-corrected chi connectivity index (χ3v) is 6.36. The molecule has 1 aliphatic rings. The van der Waals surface area contributed by atoms with Crippen molar-refractivity contribution in [1.82, 2.24) is 9.62 Å². The van der Waals surface area contributed by atoms with Gasteiger partial charge in [0, 0.05) is 19.6 Å². The van der Waals surface area contributed by atoms with Crippen molar-refractivity contribution in [3.05, 3.63) is 64.7 Å². The number of benzene rings is 2. The topological polar surface area (TPSA) is 86.7 Å². The summed E-state index contributed by atoms with van der Waals surface area (Å²) in [6, 6.07) is 12.6. The molecule has 0 atom stereocenters. The number of sulfonamides is 1. The fourth-order valence-electron chi connectivity index (χ4n) is 3.34. The molecule has 1 aliphatic heterocycles. The van der Waals surface area contributed by atoms with Gasteiger partial charge in [0.2, 0.25) is 10.0 Å². The monoisotopic (exact) mass is 388 g/mol. The first-order chi connectivity index (χ1) is 12.9. The maximum absolute atomic E-state index is 12.4. The van der Waals surface area contributed by atoms with Gasteiger partial charge in [-0.15, -0.1) is 0 Å². The Labute approximate surface area is 159 Å². The van der Waals surface area contributed by atoms with E-state index in [4.69, 9.17) is 5.11 Å². The molecule has 0 aromatic heterocycles. The zero-order valence-electron chi connectivity index (χ0n) is 15.3. The highest BCUT2D eigenvalue weighted by molar-refractivity contribution is 7.89. The van der Waals surface area contributed by atoms with Crippen LogP contribution >= 0.6 is 0 Å². The number of carboxylic acid groups (broad SMARTS) is 1. The molecular formula is C20H24N2O4S. The van der Waals surface area contributed by atoms with E-state index in [1.54, 1.807) is 6.92 Å². The summed E-state index contributed by atoms with van der Waals surface area (Å²) in [5, 5.41) is 9.16. The van der Waals surface area contributed by atoms with Gasteiger partial charge in [0.25, 0.3) is 0 Å². The Morgan fingerprint density at radius 1 is 1.19 bits per heavy atom. The van der Waals surface area contributed by atoms with Gasteiger partial charge < -0.3 is 5.11 Å². The maximum atomic E-state index is 12.4. The van der Waals surface area contributed by atoms with E-state index in [0.29, 0.717) is 18.5 Å². The predicted octanol–water partition coefficient (Wildman–Crippen LogP) is 2.42. The maximum Gasteiger partial charge on any atom is 0.335 e. The van der Waals surface area contributed by atoms with Crippen molar-refractivity contribution >= 4 is 16.0 Å². The lowest BCUT2D eigenvalue weighted by molar-refractivity contribution is 0.0696. The largest absolute Gasteiger partial charge is 0.478 e. The number of hydrogen-bond acceptors (Lipinski definition) is 4. The van der Waals surface area contributed by atoms with Crippen molar-refractivity contribution in [3.8, 4) is 0 Å². The molecule has 7 heteroatoms. The Hall–Kier alpha value is -2.22. The number of hydrogen-bond donors (Lipinski definition) is 2. The first kappa shape index (κ1) is 19.5. The van der Waals surface area contributed by atoms with Crippen molar-refractivity contribution in [2.45, 2.75) is 31.2 Å². The number of nitrogens with zero attached hydrogens (tertiary/aromatic N) is 1. The lowest BCUT2D eigenvalue weighted by atomic mass is 10.00. The SMILES string of the molecule is Cc1ccc(S(=O)(=O)NCCCN2CCc3ccccc3C2)cc1C(=O)O. The molecule has 0 bridgehead atoms. The van der Waals surface area contributed by atoms with Gasteiger partial charge in [-0.05, 0) is 55.1 Å². The van der Waals surface area contributed by atoms with Gasteiger partial charge in [-0.25, -0.2) is 17.9 Å². The number of aromatic carboxylic acids is 1. The summed E-state index contributed by atoms with van der Waals surface area (Å²) in [7, 11) is -3.72. The average molecular weight is 388 g/mol. The summed E-state index contributed by atoms with van der Waals surface area (Å²) >= 11 is 0. The quantitative estimate of drug-likeness (QED) is 0.712. The van der Waals surface area contributed by atoms with Crippen LogP contribution < -0.4 is 4.72 Å². The highest BCUT2D eigenvalue weighted by atomic mass is 32.2. The molecule has 144 valence electrons.